The molecule has 178 valence electrons. The molecule has 8 heteroatoms. The van der Waals surface area contributed by atoms with Crippen LogP contribution in [-0.2, 0) is 9.53 Å². The van der Waals surface area contributed by atoms with Crippen LogP contribution in [0.4, 0.5) is 5.69 Å². The van der Waals surface area contributed by atoms with Crippen LogP contribution in [-0.4, -0.2) is 47.3 Å². The van der Waals surface area contributed by atoms with Crippen molar-refractivity contribution in [2.24, 2.45) is 5.92 Å². The van der Waals surface area contributed by atoms with Crippen LogP contribution >= 0.6 is 0 Å². The number of carboxylic acids is 1. The van der Waals surface area contributed by atoms with E-state index in [1.165, 1.54) is 25.7 Å². The number of carbonyl (C=O) groups is 2. The van der Waals surface area contributed by atoms with Gasteiger partial charge < -0.3 is 25.6 Å². The summed E-state index contributed by atoms with van der Waals surface area (Å²) in [6.07, 6.45) is 8.14. The van der Waals surface area contributed by atoms with Gasteiger partial charge in [-0.15, -0.1) is 0 Å². The summed E-state index contributed by atoms with van der Waals surface area (Å²) in [4.78, 5) is 28.3. The molecule has 1 heterocycles. The van der Waals surface area contributed by atoms with Gasteiger partial charge in [0.15, 0.2) is 0 Å². The number of amides is 1. The number of nitrogens with two attached hydrogens (primary N) is 1. The number of aryl methyl sites for hydroxylation is 1. The van der Waals surface area contributed by atoms with Gasteiger partial charge >= 0.3 is 5.97 Å². The van der Waals surface area contributed by atoms with Crippen molar-refractivity contribution in [3.63, 3.8) is 0 Å². The summed E-state index contributed by atoms with van der Waals surface area (Å²) in [6.45, 7) is 2.45. The van der Waals surface area contributed by atoms with E-state index >= 15 is 0 Å². The van der Waals surface area contributed by atoms with Crippen LogP contribution in [0.3, 0.4) is 0 Å². The zero-order chi connectivity index (χ0) is 23.4. The standard InChI is InChI=1S/C25H33N3O5/c1-15-22(25(30)31)24(26)23-19(27-15)7-4-8-20(23)33-18-11-9-17(10-12-18)28-21(29)14-32-13-16-5-2-3-6-16/h4,7-8,16-18H,2-3,5-6,9-14H2,1H3,(H2,26,27)(H,28,29)(H,30,31)/t17-,18-. The number of aromatic nitrogens is 1. The van der Waals surface area contributed by atoms with Gasteiger partial charge in [-0.25, -0.2) is 4.79 Å². The van der Waals surface area contributed by atoms with Gasteiger partial charge in [0.2, 0.25) is 5.91 Å². The zero-order valence-electron chi connectivity index (χ0n) is 19.1. The monoisotopic (exact) mass is 455 g/mol. The van der Waals surface area contributed by atoms with Crippen molar-refractivity contribution in [2.45, 2.75) is 70.4 Å². The summed E-state index contributed by atoms with van der Waals surface area (Å²) in [6, 6.07) is 5.56. The molecule has 33 heavy (non-hydrogen) atoms. The van der Waals surface area contributed by atoms with E-state index in [2.05, 4.69) is 10.3 Å². The van der Waals surface area contributed by atoms with Crippen LogP contribution in [0.15, 0.2) is 18.2 Å². The highest BCUT2D eigenvalue weighted by Gasteiger charge is 2.26. The minimum atomic E-state index is -1.10. The smallest absolute Gasteiger partial charge is 0.339 e. The third-order valence-electron chi connectivity index (χ3n) is 6.80. The minimum Gasteiger partial charge on any atom is -0.490 e. The number of carbonyl (C=O) groups excluding carboxylic acids is 1. The second-order valence-corrected chi connectivity index (χ2v) is 9.27. The van der Waals surface area contributed by atoms with Gasteiger partial charge in [0.1, 0.15) is 17.9 Å². The van der Waals surface area contributed by atoms with E-state index in [9.17, 15) is 14.7 Å². The van der Waals surface area contributed by atoms with Crippen LogP contribution in [0.25, 0.3) is 10.9 Å². The molecular weight excluding hydrogens is 422 g/mol. The lowest BCUT2D eigenvalue weighted by Gasteiger charge is -2.30. The maximum absolute atomic E-state index is 12.2. The molecule has 0 unspecified atom stereocenters. The average molecular weight is 456 g/mol. The molecule has 2 fully saturated rings. The van der Waals surface area contributed by atoms with E-state index in [4.69, 9.17) is 15.2 Å². The molecule has 2 saturated carbocycles. The number of nitrogens with one attached hydrogen (secondary N) is 1. The number of rotatable bonds is 8. The van der Waals surface area contributed by atoms with Gasteiger partial charge in [0, 0.05) is 6.04 Å². The second-order valence-electron chi connectivity index (χ2n) is 9.27. The SMILES string of the molecule is Cc1nc2cccc(O[C@H]3CC[C@H](NC(=O)COCC4CCCC4)CC3)c2c(N)c1C(=O)O. The summed E-state index contributed by atoms with van der Waals surface area (Å²) >= 11 is 0. The van der Waals surface area contributed by atoms with E-state index in [1.54, 1.807) is 19.1 Å². The van der Waals surface area contributed by atoms with E-state index in [-0.39, 0.29) is 35.9 Å². The first-order valence-electron chi connectivity index (χ1n) is 11.9. The lowest BCUT2D eigenvalue weighted by Crippen LogP contribution is -2.41. The highest BCUT2D eigenvalue weighted by molar-refractivity contribution is 6.06. The number of carboxylic acid groups (broad SMARTS) is 1. The van der Waals surface area contributed by atoms with E-state index < -0.39 is 5.97 Å². The van der Waals surface area contributed by atoms with Crippen LogP contribution in [0.2, 0.25) is 0 Å². The van der Waals surface area contributed by atoms with Crippen molar-refractivity contribution in [1.82, 2.24) is 10.3 Å². The Labute approximate surface area is 193 Å². The lowest BCUT2D eigenvalue weighted by molar-refractivity contribution is -0.127. The molecule has 8 nitrogen and oxygen atoms in total. The summed E-state index contributed by atoms with van der Waals surface area (Å²) in [5.41, 5.74) is 7.42. The van der Waals surface area contributed by atoms with Crippen molar-refractivity contribution >= 4 is 28.5 Å². The molecule has 1 aromatic carbocycles. The Hall–Kier alpha value is -2.87. The molecule has 1 amide bonds. The molecule has 1 aromatic heterocycles. The number of hydrogen-bond donors (Lipinski definition) is 3. The third-order valence-corrected chi connectivity index (χ3v) is 6.80. The van der Waals surface area contributed by atoms with Crippen LogP contribution in [0, 0.1) is 12.8 Å². The van der Waals surface area contributed by atoms with E-state index in [1.807, 2.05) is 6.07 Å². The fourth-order valence-corrected chi connectivity index (χ4v) is 5.08. The molecule has 0 radical (unpaired) electrons. The summed E-state index contributed by atoms with van der Waals surface area (Å²) in [5, 5.41) is 13.1. The summed E-state index contributed by atoms with van der Waals surface area (Å²) in [5.74, 6) is 0.00601. The van der Waals surface area contributed by atoms with Gasteiger partial charge in [-0.3, -0.25) is 9.78 Å². The Kier molecular flexibility index (Phi) is 7.33. The largest absolute Gasteiger partial charge is 0.490 e. The number of ether oxygens (including phenoxy) is 2. The van der Waals surface area contributed by atoms with Gasteiger partial charge in [-0.05, 0) is 63.5 Å². The molecule has 0 spiro atoms. The quantitative estimate of drug-likeness (QED) is 0.552. The number of hydrogen-bond acceptors (Lipinski definition) is 6. The fourth-order valence-electron chi connectivity index (χ4n) is 5.08. The van der Waals surface area contributed by atoms with Crippen molar-refractivity contribution in [3.05, 3.63) is 29.5 Å². The van der Waals surface area contributed by atoms with E-state index in [0.29, 0.717) is 34.9 Å². The Morgan fingerprint density at radius 3 is 2.58 bits per heavy atom. The van der Waals surface area contributed by atoms with Crippen molar-refractivity contribution in [2.75, 3.05) is 18.9 Å². The molecular formula is C25H33N3O5. The number of benzene rings is 1. The van der Waals surface area contributed by atoms with Crippen LogP contribution < -0.4 is 15.8 Å². The maximum Gasteiger partial charge on any atom is 0.339 e. The highest BCUT2D eigenvalue weighted by atomic mass is 16.5. The molecule has 0 atom stereocenters. The number of pyridine rings is 1. The maximum atomic E-state index is 12.2. The molecule has 0 aliphatic heterocycles. The molecule has 2 aromatic rings. The van der Waals surface area contributed by atoms with E-state index in [0.717, 1.165) is 25.7 Å². The van der Waals surface area contributed by atoms with Crippen molar-refractivity contribution < 1.29 is 24.2 Å². The summed E-state index contributed by atoms with van der Waals surface area (Å²) < 4.78 is 11.9. The molecule has 2 aliphatic carbocycles. The number of anilines is 1. The van der Waals surface area contributed by atoms with Gasteiger partial charge in [0.05, 0.1) is 35.0 Å². The molecule has 0 saturated heterocycles. The Balaban J connectivity index is 1.31. The normalized spacial score (nSPS) is 21.2. The topological polar surface area (TPSA) is 124 Å². The first-order chi connectivity index (χ1) is 15.9. The second kappa shape index (κ2) is 10.4. The van der Waals surface area contributed by atoms with Gasteiger partial charge in [-0.2, -0.15) is 0 Å². The highest BCUT2D eigenvalue weighted by Crippen LogP contribution is 2.35. The first kappa shape index (κ1) is 23.3. The predicted molar refractivity (Wildman–Crippen MR) is 125 cm³/mol. The molecule has 2 aliphatic rings. The predicted octanol–water partition coefficient (Wildman–Crippen LogP) is 3.84. The van der Waals surface area contributed by atoms with Crippen molar-refractivity contribution in [1.29, 1.82) is 0 Å². The molecule has 0 bridgehead atoms. The van der Waals surface area contributed by atoms with Crippen LogP contribution in [0.5, 0.6) is 5.75 Å². The fraction of sp³-hybridized carbons (Fsp3) is 0.560. The van der Waals surface area contributed by atoms with Gasteiger partial charge in [0.25, 0.3) is 0 Å². The number of nitrogens with zero attached hydrogens (tertiary/aromatic N) is 1. The zero-order valence-corrected chi connectivity index (χ0v) is 19.1. The first-order valence-corrected chi connectivity index (χ1v) is 11.9. The third kappa shape index (κ3) is 5.55. The lowest BCUT2D eigenvalue weighted by atomic mass is 9.93. The number of nitrogen functional groups attached to an aromatic ring is 1. The number of fused-ring (bicyclic) bond motifs is 1. The Morgan fingerprint density at radius 1 is 1.15 bits per heavy atom. The average Bonchev–Trinajstić information content (AvgIpc) is 3.28. The summed E-state index contributed by atoms with van der Waals surface area (Å²) in [7, 11) is 0. The Morgan fingerprint density at radius 2 is 1.88 bits per heavy atom. The molecule has 4 N–H and O–H groups in total. The Bertz CT molecular complexity index is 1010. The molecule has 4 rings (SSSR count). The van der Waals surface area contributed by atoms with Crippen LogP contribution in [0.1, 0.15) is 67.4 Å². The van der Waals surface area contributed by atoms with Gasteiger partial charge in [-0.1, -0.05) is 18.9 Å². The van der Waals surface area contributed by atoms with Crippen molar-refractivity contribution in [3.8, 4) is 5.75 Å². The number of aromatic carboxylic acids is 1. The minimum absolute atomic E-state index is 0.0140.